The largest absolute Gasteiger partial charge is 0.484 e. The van der Waals surface area contributed by atoms with E-state index in [0.29, 0.717) is 11.1 Å². The second-order valence-corrected chi connectivity index (χ2v) is 3.39. The van der Waals surface area contributed by atoms with E-state index in [1.165, 1.54) is 6.07 Å². The van der Waals surface area contributed by atoms with Crippen molar-refractivity contribution in [1.82, 2.24) is 0 Å². The van der Waals surface area contributed by atoms with Gasteiger partial charge in [-0.25, -0.2) is 0 Å². The number of benzene rings is 1. The molecule has 17 heavy (non-hydrogen) atoms. The van der Waals surface area contributed by atoms with E-state index in [1.807, 2.05) is 0 Å². The molecular weight excluding hydrogens is 231 g/mol. The van der Waals surface area contributed by atoms with Crippen molar-refractivity contribution in [3.8, 4) is 17.6 Å². The Labute approximate surface area is 97.6 Å². The van der Waals surface area contributed by atoms with Crippen LogP contribution >= 0.6 is 0 Å². The van der Waals surface area contributed by atoms with Crippen LogP contribution in [0.2, 0.25) is 0 Å². The zero-order valence-electron chi connectivity index (χ0n) is 9.27. The van der Waals surface area contributed by atoms with Crippen LogP contribution in [0.1, 0.15) is 11.1 Å². The van der Waals surface area contributed by atoms with Gasteiger partial charge in [-0.2, -0.15) is 13.2 Å². The topological polar surface area (TPSA) is 35.2 Å². The zero-order chi connectivity index (χ0) is 12.9. The van der Waals surface area contributed by atoms with Crippen LogP contribution in [-0.2, 0) is 0 Å². The Balaban J connectivity index is 2.76. The van der Waals surface area contributed by atoms with E-state index in [0.717, 1.165) is 0 Å². The minimum Gasteiger partial charge on any atom is -0.484 e. The second-order valence-electron chi connectivity index (χ2n) is 3.39. The van der Waals surface area contributed by atoms with Crippen LogP contribution in [0.4, 0.5) is 13.2 Å². The molecule has 0 aliphatic heterocycles. The van der Waals surface area contributed by atoms with Crippen LogP contribution in [0, 0.1) is 18.8 Å². The molecule has 1 aromatic rings. The predicted molar refractivity (Wildman–Crippen MR) is 58.7 cm³/mol. The number of rotatable bonds is 2. The van der Waals surface area contributed by atoms with E-state index in [1.54, 1.807) is 19.1 Å². The SMILES string of the molecule is Cc1cc(C#CCN)ccc1OCC(F)(F)F. The molecule has 0 fully saturated rings. The van der Waals surface area contributed by atoms with Crippen LogP contribution < -0.4 is 10.5 Å². The van der Waals surface area contributed by atoms with Crippen molar-refractivity contribution in [1.29, 1.82) is 0 Å². The van der Waals surface area contributed by atoms with Crippen molar-refractivity contribution in [2.45, 2.75) is 13.1 Å². The average Bonchev–Trinajstić information content (AvgIpc) is 2.23. The summed E-state index contributed by atoms with van der Waals surface area (Å²) in [4.78, 5) is 0. The molecule has 92 valence electrons. The van der Waals surface area contributed by atoms with Crippen molar-refractivity contribution in [2.75, 3.05) is 13.2 Å². The third kappa shape index (κ3) is 4.79. The van der Waals surface area contributed by atoms with Crippen LogP contribution in [-0.4, -0.2) is 19.3 Å². The molecule has 0 bridgehead atoms. The van der Waals surface area contributed by atoms with Gasteiger partial charge in [-0.15, -0.1) is 0 Å². The molecule has 0 aliphatic carbocycles. The lowest BCUT2D eigenvalue weighted by atomic mass is 10.1. The maximum Gasteiger partial charge on any atom is 0.422 e. The zero-order valence-corrected chi connectivity index (χ0v) is 9.27. The summed E-state index contributed by atoms with van der Waals surface area (Å²) in [6.07, 6.45) is -4.33. The van der Waals surface area contributed by atoms with Crippen LogP contribution in [0.15, 0.2) is 18.2 Å². The van der Waals surface area contributed by atoms with Gasteiger partial charge in [0.1, 0.15) is 5.75 Å². The Morgan fingerprint density at radius 1 is 1.35 bits per heavy atom. The molecule has 0 aromatic heterocycles. The fourth-order valence-electron chi connectivity index (χ4n) is 1.20. The Bertz CT molecular complexity index is 443. The summed E-state index contributed by atoms with van der Waals surface area (Å²) in [6, 6.07) is 4.73. The fraction of sp³-hybridized carbons (Fsp3) is 0.333. The first kappa shape index (κ1) is 13.4. The Kier molecular flexibility index (Phi) is 4.41. The molecule has 0 amide bonds. The molecule has 5 heteroatoms. The van der Waals surface area contributed by atoms with Gasteiger partial charge in [0.15, 0.2) is 6.61 Å². The lowest BCUT2D eigenvalue weighted by molar-refractivity contribution is -0.153. The van der Waals surface area contributed by atoms with Gasteiger partial charge in [-0.05, 0) is 30.7 Å². The standard InChI is InChI=1S/C12H12F3NO/c1-9-7-10(3-2-6-16)4-5-11(9)17-8-12(13,14)15/h4-5,7H,6,8,16H2,1H3. The Morgan fingerprint density at radius 3 is 2.59 bits per heavy atom. The lowest BCUT2D eigenvalue weighted by Gasteiger charge is -2.11. The molecule has 0 radical (unpaired) electrons. The molecule has 1 rings (SSSR count). The molecule has 0 unspecified atom stereocenters. The fourth-order valence-corrected chi connectivity index (χ4v) is 1.20. The van der Waals surface area contributed by atoms with E-state index in [2.05, 4.69) is 16.6 Å². The molecule has 0 atom stereocenters. The van der Waals surface area contributed by atoms with E-state index in [9.17, 15) is 13.2 Å². The molecule has 0 saturated carbocycles. The summed E-state index contributed by atoms with van der Waals surface area (Å²) in [7, 11) is 0. The summed E-state index contributed by atoms with van der Waals surface area (Å²) in [5.74, 6) is 5.67. The molecule has 2 N–H and O–H groups in total. The van der Waals surface area contributed by atoms with Gasteiger partial charge in [-0.1, -0.05) is 11.8 Å². The minimum absolute atomic E-state index is 0.209. The van der Waals surface area contributed by atoms with Gasteiger partial charge in [0.2, 0.25) is 0 Å². The number of halogens is 3. The Hall–Kier alpha value is -1.67. The van der Waals surface area contributed by atoms with Crippen LogP contribution in [0.25, 0.3) is 0 Å². The second kappa shape index (κ2) is 5.60. The molecule has 0 heterocycles. The number of nitrogens with two attached hydrogens (primary N) is 1. The quantitative estimate of drug-likeness (QED) is 0.808. The number of aryl methyl sites for hydroxylation is 1. The van der Waals surface area contributed by atoms with Crippen LogP contribution in [0.3, 0.4) is 0 Å². The lowest BCUT2D eigenvalue weighted by Crippen LogP contribution is -2.19. The summed E-state index contributed by atoms with van der Waals surface area (Å²) in [5.41, 5.74) is 6.53. The summed E-state index contributed by atoms with van der Waals surface area (Å²) >= 11 is 0. The van der Waals surface area contributed by atoms with E-state index in [-0.39, 0.29) is 12.3 Å². The van der Waals surface area contributed by atoms with Gasteiger partial charge in [0, 0.05) is 5.56 Å². The van der Waals surface area contributed by atoms with Crippen molar-refractivity contribution in [3.63, 3.8) is 0 Å². The smallest absolute Gasteiger partial charge is 0.422 e. The van der Waals surface area contributed by atoms with Crippen molar-refractivity contribution < 1.29 is 17.9 Å². The number of hydrogen-bond acceptors (Lipinski definition) is 2. The van der Waals surface area contributed by atoms with E-state index < -0.39 is 12.8 Å². The van der Waals surface area contributed by atoms with Crippen molar-refractivity contribution in [3.05, 3.63) is 29.3 Å². The first-order valence-corrected chi connectivity index (χ1v) is 4.91. The van der Waals surface area contributed by atoms with Crippen molar-refractivity contribution in [2.24, 2.45) is 5.73 Å². The molecule has 0 saturated heterocycles. The highest BCUT2D eigenvalue weighted by atomic mass is 19.4. The highest BCUT2D eigenvalue weighted by Gasteiger charge is 2.28. The monoisotopic (exact) mass is 243 g/mol. The highest BCUT2D eigenvalue weighted by molar-refractivity contribution is 5.43. The number of alkyl halides is 3. The van der Waals surface area contributed by atoms with Gasteiger partial charge in [0.05, 0.1) is 6.54 Å². The molecule has 1 aromatic carbocycles. The molecule has 0 aliphatic rings. The third-order valence-corrected chi connectivity index (χ3v) is 1.90. The number of hydrogen-bond donors (Lipinski definition) is 1. The normalized spacial score (nSPS) is 10.6. The molecule has 0 spiro atoms. The third-order valence-electron chi connectivity index (χ3n) is 1.90. The van der Waals surface area contributed by atoms with Crippen molar-refractivity contribution >= 4 is 0 Å². The summed E-state index contributed by atoms with van der Waals surface area (Å²) in [5, 5.41) is 0. The van der Waals surface area contributed by atoms with Gasteiger partial charge in [0.25, 0.3) is 0 Å². The maximum atomic E-state index is 12.0. The summed E-state index contributed by atoms with van der Waals surface area (Å²) < 4.78 is 40.5. The van der Waals surface area contributed by atoms with Crippen LogP contribution in [0.5, 0.6) is 5.75 Å². The Morgan fingerprint density at radius 2 is 2.06 bits per heavy atom. The average molecular weight is 243 g/mol. The predicted octanol–water partition coefficient (Wildman–Crippen LogP) is 2.25. The van der Waals surface area contributed by atoms with E-state index in [4.69, 9.17) is 5.73 Å². The maximum absolute atomic E-state index is 12.0. The van der Waals surface area contributed by atoms with Gasteiger partial charge in [-0.3, -0.25) is 0 Å². The molecular formula is C12H12F3NO. The first-order valence-electron chi connectivity index (χ1n) is 4.91. The minimum atomic E-state index is -4.33. The van der Waals surface area contributed by atoms with E-state index >= 15 is 0 Å². The number of ether oxygens (including phenoxy) is 1. The van der Waals surface area contributed by atoms with Gasteiger partial charge >= 0.3 is 6.18 Å². The highest BCUT2D eigenvalue weighted by Crippen LogP contribution is 2.22. The van der Waals surface area contributed by atoms with Gasteiger partial charge < -0.3 is 10.5 Å². The summed E-state index contributed by atoms with van der Waals surface area (Å²) in [6.45, 7) is 0.617. The first-order chi connectivity index (χ1) is 7.92. The molecule has 2 nitrogen and oxygen atoms in total.